The number of ketones is 1. The van der Waals surface area contributed by atoms with E-state index >= 15 is 0 Å². The fraction of sp³-hybridized carbons (Fsp3) is 0.233. The molecule has 3 aromatic rings. The van der Waals surface area contributed by atoms with Crippen LogP contribution in [-0.2, 0) is 9.59 Å². The van der Waals surface area contributed by atoms with Crippen molar-refractivity contribution in [2.75, 3.05) is 6.54 Å². The molecule has 41 heavy (non-hydrogen) atoms. The zero-order valence-corrected chi connectivity index (χ0v) is 25.3. The maximum atomic E-state index is 13.7. The summed E-state index contributed by atoms with van der Waals surface area (Å²) in [5.41, 5.74) is 0.746. The lowest BCUT2D eigenvalue weighted by atomic mass is 9.81. The molecular formula is C30H23Br2ClN2O6. The number of carbonyl (C=O) groups is 5. The lowest BCUT2D eigenvalue weighted by Gasteiger charge is -2.30. The van der Waals surface area contributed by atoms with E-state index in [0.29, 0.717) is 23.4 Å². The van der Waals surface area contributed by atoms with Crippen LogP contribution in [0.1, 0.15) is 43.9 Å². The average Bonchev–Trinajstić information content (AvgIpc) is 3.21. The maximum absolute atomic E-state index is 13.7. The van der Waals surface area contributed by atoms with Crippen LogP contribution in [0.4, 0.5) is 0 Å². The molecule has 1 aliphatic carbocycles. The minimum atomic E-state index is -0.686. The van der Waals surface area contributed by atoms with Crippen LogP contribution in [-0.4, -0.2) is 55.7 Å². The lowest BCUT2D eigenvalue weighted by Crippen LogP contribution is -2.52. The average molecular weight is 703 g/mol. The van der Waals surface area contributed by atoms with Gasteiger partial charge < -0.3 is 4.74 Å². The fourth-order valence-electron chi connectivity index (χ4n) is 4.97. The topological polar surface area (TPSA) is 101 Å². The molecule has 1 saturated carbocycles. The largest absolute Gasteiger partial charge is 0.423 e. The molecule has 5 rings (SSSR count). The van der Waals surface area contributed by atoms with E-state index < -0.39 is 47.9 Å². The Morgan fingerprint density at radius 1 is 0.780 bits per heavy atom. The Hall–Kier alpha value is -3.34. The van der Waals surface area contributed by atoms with Gasteiger partial charge in [-0.3, -0.25) is 19.2 Å². The number of nitrogens with zero attached hydrogens (tertiary/aromatic N) is 2. The van der Waals surface area contributed by atoms with Gasteiger partial charge in [-0.05, 0) is 73.5 Å². The number of hydrazine groups is 1. The third-order valence-corrected chi connectivity index (χ3v) is 10.1. The Bertz CT molecular complexity index is 1470. The number of ether oxygens (including phenoxy) is 1. The Labute approximate surface area is 257 Å². The summed E-state index contributed by atoms with van der Waals surface area (Å²) in [5.74, 6) is -3.75. The highest BCUT2D eigenvalue weighted by Crippen LogP contribution is 2.43. The molecule has 0 aromatic heterocycles. The first-order chi connectivity index (χ1) is 19.6. The quantitative estimate of drug-likeness (QED) is 0.103. The molecule has 0 N–H and O–H groups in total. The molecule has 2 fully saturated rings. The monoisotopic (exact) mass is 700 g/mol. The van der Waals surface area contributed by atoms with Crippen molar-refractivity contribution >= 4 is 72.9 Å². The molecule has 1 saturated heterocycles. The van der Waals surface area contributed by atoms with Crippen molar-refractivity contribution in [1.82, 2.24) is 10.0 Å². The highest BCUT2D eigenvalue weighted by molar-refractivity contribution is 9.12. The molecule has 3 aromatic carbocycles. The number of hydrogen-bond acceptors (Lipinski definition) is 6. The minimum absolute atomic E-state index is 0.0167. The summed E-state index contributed by atoms with van der Waals surface area (Å²) in [6, 6.07) is 20.3. The smallest absolute Gasteiger partial charge is 0.343 e. The molecule has 1 heterocycles. The number of amides is 3. The van der Waals surface area contributed by atoms with Crippen molar-refractivity contribution in [2.24, 2.45) is 11.8 Å². The molecule has 0 unspecified atom stereocenters. The Balaban J connectivity index is 1.38. The third-order valence-electron chi connectivity index (χ3n) is 7.15. The van der Waals surface area contributed by atoms with Crippen LogP contribution < -0.4 is 4.74 Å². The Morgan fingerprint density at radius 2 is 1.32 bits per heavy atom. The van der Waals surface area contributed by atoms with Gasteiger partial charge in [0, 0.05) is 25.8 Å². The molecule has 3 amide bonds. The second-order valence-corrected chi connectivity index (χ2v) is 12.6. The molecule has 2 aliphatic rings. The predicted molar refractivity (Wildman–Crippen MR) is 158 cm³/mol. The van der Waals surface area contributed by atoms with Crippen molar-refractivity contribution in [3.63, 3.8) is 0 Å². The molecule has 0 spiro atoms. The normalized spacial score (nSPS) is 21.8. The number of benzene rings is 3. The van der Waals surface area contributed by atoms with E-state index in [2.05, 4.69) is 31.9 Å². The molecule has 1 aliphatic heterocycles. The summed E-state index contributed by atoms with van der Waals surface area (Å²) in [4.78, 5) is 66.4. The highest BCUT2D eigenvalue weighted by Gasteiger charge is 2.54. The van der Waals surface area contributed by atoms with Gasteiger partial charge in [-0.2, -0.15) is 5.01 Å². The van der Waals surface area contributed by atoms with Gasteiger partial charge in [-0.1, -0.05) is 61.7 Å². The molecule has 0 radical (unpaired) electrons. The van der Waals surface area contributed by atoms with E-state index in [-0.39, 0.29) is 26.5 Å². The standard InChI is InChI=1S/C30H23Br2ClN2O6/c31-24-14-22-23(15-25(24)32)29(39)35(28(22)38)34(27(37)18-6-10-20(33)11-7-18)16-26(36)17-8-12-21(13-9-17)41-30(40)19-4-2-1-3-5-19/h1-13,22-25H,14-16H2/t22-,23-,24-,25+/m1/s1. The Kier molecular flexibility index (Phi) is 8.72. The molecular weight excluding hydrogens is 680 g/mol. The van der Waals surface area contributed by atoms with Gasteiger partial charge in [0.25, 0.3) is 17.7 Å². The van der Waals surface area contributed by atoms with Crippen LogP contribution in [0.15, 0.2) is 78.9 Å². The summed E-state index contributed by atoms with van der Waals surface area (Å²) in [7, 11) is 0. The number of halogens is 3. The number of rotatable bonds is 7. The highest BCUT2D eigenvalue weighted by atomic mass is 79.9. The first-order valence-electron chi connectivity index (χ1n) is 12.8. The van der Waals surface area contributed by atoms with Gasteiger partial charge in [0.2, 0.25) is 0 Å². The summed E-state index contributed by atoms with van der Waals surface area (Å²) in [6.45, 7) is -0.559. The number of fused-ring (bicyclic) bond motifs is 1. The fourth-order valence-corrected chi connectivity index (χ4v) is 6.33. The van der Waals surface area contributed by atoms with Crippen molar-refractivity contribution in [3.05, 3.63) is 101 Å². The van der Waals surface area contributed by atoms with E-state index in [1.54, 1.807) is 30.3 Å². The summed E-state index contributed by atoms with van der Waals surface area (Å²) in [6.07, 6.45) is 0.837. The number of carbonyl (C=O) groups excluding carboxylic acids is 5. The SMILES string of the molecule is O=C(CN(C(=O)c1ccc(Cl)cc1)N1C(=O)[C@@H]2C[C@@H](Br)[C@@H](Br)C[C@H]2C1=O)c1ccc(OC(=O)c2ccccc2)cc1. The zero-order chi connectivity index (χ0) is 29.3. The second-order valence-electron chi connectivity index (χ2n) is 9.78. The van der Waals surface area contributed by atoms with Crippen LogP contribution in [0.5, 0.6) is 5.75 Å². The van der Waals surface area contributed by atoms with Gasteiger partial charge in [0.1, 0.15) is 12.3 Å². The minimum Gasteiger partial charge on any atom is -0.423 e. The van der Waals surface area contributed by atoms with Crippen LogP contribution in [0, 0.1) is 11.8 Å². The predicted octanol–water partition coefficient (Wildman–Crippen LogP) is 5.72. The number of imide groups is 1. The van der Waals surface area contributed by atoms with Gasteiger partial charge in [0.15, 0.2) is 5.78 Å². The number of alkyl halides is 2. The first-order valence-corrected chi connectivity index (χ1v) is 15.0. The van der Waals surface area contributed by atoms with Gasteiger partial charge in [-0.15, -0.1) is 0 Å². The molecule has 4 atom stereocenters. The number of hydrogen-bond donors (Lipinski definition) is 0. The van der Waals surface area contributed by atoms with Crippen LogP contribution >= 0.6 is 43.5 Å². The van der Waals surface area contributed by atoms with Crippen LogP contribution in [0.3, 0.4) is 0 Å². The summed E-state index contributed by atoms with van der Waals surface area (Å²) >= 11 is 13.1. The maximum Gasteiger partial charge on any atom is 0.343 e. The zero-order valence-electron chi connectivity index (χ0n) is 21.4. The van der Waals surface area contributed by atoms with Crippen molar-refractivity contribution < 1.29 is 28.7 Å². The van der Waals surface area contributed by atoms with E-state index in [1.165, 1.54) is 48.5 Å². The van der Waals surface area contributed by atoms with E-state index in [1.807, 2.05) is 0 Å². The lowest BCUT2D eigenvalue weighted by molar-refractivity contribution is -0.154. The molecule has 210 valence electrons. The van der Waals surface area contributed by atoms with Crippen molar-refractivity contribution in [3.8, 4) is 5.75 Å². The van der Waals surface area contributed by atoms with Crippen LogP contribution in [0.2, 0.25) is 5.02 Å². The van der Waals surface area contributed by atoms with E-state index in [0.717, 1.165) is 10.0 Å². The van der Waals surface area contributed by atoms with Crippen molar-refractivity contribution in [2.45, 2.75) is 22.5 Å². The molecule has 0 bridgehead atoms. The van der Waals surface area contributed by atoms with Gasteiger partial charge >= 0.3 is 5.97 Å². The Morgan fingerprint density at radius 3 is 1.88 bits per heavy atom. The summed E-state index contributed by atoms with van der Waals surface area (Å²) < 4.78 is 5.37. The van der Waals surface area contributed by atoms with E-state index in [4.69, 9.17) is 16.3 Å². The summed E-state index contributed by atoms with van der Waals surface area (Å²) in [5, 5.41) is 2.17. The molecule has 8 nitrogen and oxygen atoms in total. The van der Waals surface area contributed by atoms with Crippen molar-refractivity contribution in [1.29, 1.82) is 0 Å². The number of Topliss-reactive ketones (excluding diaryl/α,β-unsaturated/α-hetero) is 1. The number of esters is 1. The second kappa shape index (κ2) is 12.3. The first kappa shape index (κ1) is 29.2. The van der Waals surface area contributed by atoms with Gasteiger partial charge in [0.05, 0.1) is 17.4 Å². The van der Waals surface area contributed by atoms with Crippen LogP contribution in [0.25, 0.3) is 0 Å². The van der Waals surface area contributed by atoms with Gasteiger partial charge in [-0.25, -0.2) is 9.80 Å². The van der Waals surface area contributed by atoms with E-state index in [9.17, 15) is 24.0 Å². The third kappa shape index (κ3) is 6.14. The molecule has 11 heteroatoms.